The third-order valence-electron chi connectivity index (χ3n) is 0.663. The van der Waals surface area contributed by atoms with Crippen LogP contribution in [-0.4, -0.2) is 10.7 Å². The Kier molecular flexibility index (Phi) is 2.80. The van der Waals surface area contributed by atoms with Crippen LogP contribution < -0.4 is 0 Å². The summed E-state index contributed by atoms with van der Waals surface area (Å²) in [5, 5.41) is 0. The molecule has 0 N–H and O–H groups in total. The summed E-state index contributed by atoms with van der Waals surface area (Å²) >= 11 is 2.20. The molecule has 1 nitrogen and oxygen atoms in total. The maximum Gasteiger partial charge on any atom is 0.126 e. The average Bonchev–Trinajstić information content (AvgIpc) is 1.68. The van der Waals surface area contributed by atoms with Crippen molar-refractivity contribution in [2.45, 2.75) is 13.8 Å². The number of carbonyl (C=O) groups is 1. The number of alkyl halides is 1. The van der Waals surface area contributed by atoms with E-state index in [9.17, 15) is 4.79 Å². The summed E-state index contributed by atoms with van der Waals surface area (Å²) in [5.74, 6) is 0. The standard InChI is InChI=1S/C5H9IO/c1-5(2,3-6)4-7/h4H,3H2,1-2H3. The first-order chi connectivity index (χ1) is 3.12. The second kappa shape index (κ2) is 2.64. The molecule has 0 spiro atoms. The average molecular weight is 212 g/mol. The first-order valence-corrected chi connectivity index (χ1v) is 3.67. The molecule has 0 atom stereocenters. The molecule has 42 valence electrons. The molecular formula is C5H9IO. The minimum Gasteiger partial charge on any atom is -0.303 e. The summed E-state index contributed by atoms with van der Waals surface area (Å²) in [6.07, 6.45) is 0.986. The van der Waals surface area contributed by atoms with E-state index in [1.807, 2.05) is 13.8 Å². The SMILES string of the molecule is CC(C)(C=O)CI. The third-order valence-corrected chi connectivity index (χ3v) is 2.63. The van der Waals surface area contributed by atoms with Crippen LogP contribution in [-0.2, 0) is 4.79 Å². The fraction of sp³-hybridized carbons (Fsp3) is 0.800. The van der Waals surface area contributed by atoms with Crippen LogP contribution >= 0.6 is 22.6 Å². The van der Waals surface area contributed by atoms with Gasteiger partial charge < -0.3 is 4.79 Å². The highest BCUT2D eigenvalue weighted by molar-refractivity contribution is 14.1. The molecule has 0 aliphatic carbocycles. The van der Waals surface area contributed by atoms with Gasteiger partial charge in [0.2, 0.25) is 0 Å². The highest BCUT2D eigenvalue weighted by Crippen LogP contribution is 2.13. The van der Waals surface area contributed by atoms with Crippen LogP contribution in [0.4, 0.5) is 0 Å². The van der Waals surface area contributed by atoms with E-state index in [-0.39, 0.29) is 5.41 Å². The zero-order valence-corrected chi connectivity index (χ0v) is 6.73. The highest BCUT2D eigenvalue weighted by Gasteiger charge is 2.12. The van der Waals surface area contributed by atoms with E-state index in [1.165, 1.54) is 0 Å². The largest absolute Gasteiger partial charge is 0.303 e. The molecule has 7 heavy (non-hydrogen) atoms. The molecule has 0 heterocycles. The molecule has 0 amide bonds. The van der Waals surface area contributed by atoms with Gasteiger partial charge in [-0.05, 0) is 0 Å². The van der Waals surface area contributed by atoms with E-state index in [1.54, 1.807) is 0 Å². The second-order valence-corrected chi connectivity index (χ2v) is 3.00. The van der Waals surface area contributed by atoms with Crippen molar-refractivity contribution in [1.29, 1.82) is 0 Å². The fourth-order valence-electron chi connectivity index (χ4n) is 0.0315. The summed E-state index contributed by atoms with van der Waals surface area (Å²) in [6.45, 7) is 3.85. The van der Waals surface area contributed by atoms with Crippen LogP contribution in [0.3, 0.4) is 0 Å². The zero-order valence-electron chi connectivity index (χ0n) is 4.57. The molecule has 0 unspecified atom stereocenters. The topological polar surface area (TPSA) is 17.1 Å². The molecule has 0 rings (SSSR count). The number of hydrogen-bond acceptors (Lipinski definition) is 1. The number of rotatable bonds is 2. The summed E-state index contributed by atoms with van der Waals surface area (Å²) in [7, 11) is 0. The van der Waals surface area contributed by atoms with Crippen LogP contribution in [0.1, 0.15) is 13.8 Å². The van der Waals surface area contributed by atoms with Gasteiger partial charge in [-0.25, -0.2) is 0 Å². The van der Waals surface area contributed by atoms with Gasteiger partial charge in [0.15, 0.2) is 0 Å². The quantitative estimate of drug-likeness (QED) is 0.386. The molecule has 0 aromatic heterocycles. The van der Waals surface area contributed by atoms with Crippen molar-refractivity contribution in [3.63, 3.8) is 0 Å². The van der Waals surface area contributed by atoms with Crippen LogP contribution in [0, 0.1) is 5.41 Å². The minimum absolute atomic E-state index is 0.111. The summed E-state index contributed by atoms with van der Waals surface area (Å²) < 4.78 is 0.897. The lowest BCUT2D eigenvalue weighted by Gasteiger charge is -2.09. The molecule has 0 saturated heterocycles. The first kappa shape index (κ1) is 7.40. The molecule has 0 bridgehead atoms. The van der Waals surface area contributed by atoms with Gasteiger partial charge in [-0.3, -0.25) is 0 Å². The number of aldehydes is 1. The summed E-state index contributed by atoms with van der Waals surface area (Å²) in [5.41, 5.74) is -0.111. The van der Waals surface area contributed by atoms with E-state index in [4.69, 9.17) is 0 Å². The van der Waals surface area contributed by atoms with Crippen molar-refractivity contribution in [3.8, 4) is 0 Å². The molecule has 0 radical (unpaired) electrons. The Labute approximate surface area is 57.6 Å². The van der Waals surface area contributed by atoms with E-state index in [0.29, 0.717) is 0 Å². The van der Waals surface area contributed by atoms with Gasteiger partial charge in [-0.1, -0.05) is 36.4 Å². The van der Waals surface area contributed by atoms with Crippen LogP contribution in [0.5, 0.6) is 0 Å². The molecule has 0 aliphatic heterocycles. The summed E-state index contributed by atoms with van der Waals surface area (Å²) in [6, 6.07) is 0. The Morgan fingerprint density at radius 3 is 2.14 bits per heavy atom. The highest BCUT2D eigenvalue weighted by atomic mass is 127. The van der Waals surface area contributed by atoms with Gasteiger partial charge in [0, 0.05) is 9.84 Å². The normalized spacial score (nSPS) is 11.3. The maximum absolute atomic E-state index is 10.1. The number of halogens is 1. The second-order valence-electron chi connectivity index (χ2n) is 2.24. The van der Waals surface area contributed by atoms with Crippen molar-refractivity contribution in [2.75, 3.05) is 4.43 Å². The molecule has 0 aromatic carbocycles. The lowest BCUT2D eigenvalue weighted by atomic mass is 10.0. The maximum atomic E-state index is 10.1. The van der Waals surface area contributed by atoms with Crippen molar-refractivity contribution in [3.05, 3.63) is 0 Å². The van der Waals surface area contributed by atoms with Crippen LogP contribution in [0.25, 0.3) is 0 Å². The van der Waals surface area contributed by atoms with Crippen LogP contribution in [0.2, 0.25) is 0 Å². The molecular weight excluding hydrogens is 203 g/mol. The Morgan fingerprint density at radius 2 is 2.14 bits per heavy atom. The van der Waals surface area contributed by atoms with Crippen molar-refractivity contribution < 1.29 is 4.79 Å². The van der Waals surface area contributed by atoms with Crippen molar-refractivity contribution in [2.24, 2.45) is 5.41 Å². The number of carbonyl (C=O) groups excluding carboxylic acids is 1. The number of hydrogen-bond donors (Lipinski definition) is 0. The Balaban J connectivity index is 3.58. The molecule has 2 heteroatoms. The molecule has 0 aliphatic rings. The monoisotopic (exact) mass is 212 g/mol. The van der Waals surface area contributed by atoms with Crippen molar-refractivity contribution in [1.82, 2.24) is 0 Å². The van der Waals surface area contributed by atoms with Gasteiger partial charge in [0.1, 0.15) is 6.29 Å². The van der Waals surface area contributed by atoms with E-state index < -0.39 is 0 Å². The van der Waals surface area contributed by atoms with Crippen LogP contribution in [0.15, 0.2) is 0 Å². The van der Waals surface area contributed by atoms with Crippen molar-refractivity contribution >= 4 is 28.9 Å². The van der Waals surface area contributed by atoms with Gasteiger partial charge in [-0.15, -0.1) is 0 Å². The Hall–Kier alpha value is 0.400. The lowest BCUT2D eigenvalue weighted by Crippen LogP contribution is -2.13. The lowest BCUT2D eigenvalue weighted by molar-refractivity contribution is -0.113. The van der Waals surface area contributed by atoms with E-state index >= 15 is 0 Å². The van der Waals surface area contributed by atoms with Gasteiger partial charge in [-0.2, -0.15) is 0 Å². The van der Waals surface area contributed by atoms with Gasteiger partial charge in [0.05, 0.1) is 0 Å². The van der Waals surface area contributed by atoms with E-state index in [0.717, 1.165) is 10.7 Å². The molecule has 0 saturated carbocycles. The fourth-order valence-corrected chi connectivity index (χ4v) is 0.211. The Morgan fingerprint density at radius 1 is 1.71 bits per heavy atom. The van der Waals surface area contributed by atoms with Gasteiger partial charge >= 0.3 is 0 Å². The predicted octanol–water partition coefficient (Wildman–Crippen LogP) is 1.65. The zero-order chi connectivity index (χ0) is 5.91. The first-order valence-electron chi connectivity index (χ1n) is 2.15. The van der Waals surface area contributed by atoms with Gasteiger partial charge in [0.25, 0.3) is 0 Å². The third kappa shape index (κ3) is 3.02. The predicted molar refractivity (Wildman–Crippen MR) is 38.7 cm³/mol. The Bertz CT molecular complexity index is 68.5. The smallest absolute Gasteiger partial charge is 0.126 e. The molecule has 0 aromatic rings. The summed E-state index contributed by atoms with van der Waals surface area (Å²) in [4.78, 5) is 10.1. The molecule has 0 fully saturated rings. The minimum atomic E-state index is -0.111. The van der Waals surface area contributed by atoms with E-state index in [2.05, 4.69) is 22.6 Å².